The predicted octanol–water partition coefficient (Wildman–Crippen LogP) is 0.835. The smallest absolute Gasteiger partial charge is 0.323 e. The molecule has 0 atom stereocenters. The molecule has 124 valence electrons. The van der Waals surface area contributed by atoms with Crippen molar-refractivity contribution in [3.63, 3.8) is 0 Å². The van der Waals surface area contributed by atoms with Gasteiger partial charge in [0.25, 0.3) is 0 Å². The Hall–Kier alpha value is -1.67. The van der Waals surface area contributed by atoms with Gasteiger partial charge < -0.3 is 20.1 Å². The largest absolute Gasteiger partial charge is 0.464 e. The molecule has 0 radical (unpaired) electrons. The van der Waals surface area contributed by atoms with Crippen LogP contribution in [0.4, 0.5) is 11.9 Å². The molecule has 0 bridgehead atoms. The molecule has 2 rings (SSSR count). The summed E-state index contributed by atoms with van der Waals surface area (Å²) in [4.78, 5) is 15.2. The lowest BCUT2D eigenvalue weighted by Crippen LogP contribution is -2.39. The van der Waals surface area contributed by atoms with Gasteiger partial charge in [-0.1, -0.05) is 0 Å². The molecule has 0 amide bonds. The maximum absolute atomic E-state index is 5.40. The van der Waals surface area contributed by atoms with Gasteiger partial charge >= 0.3 is 6.01 Å². The van der Waals surface area contributed by atoms with Crippen molar-refractivity contribution >= 4 is 11.9 Å². The van der Waals surface area contributed by atoms with Gasteiger partial charge in [0.15, 0.2) is 0 Å². The summed E-state index contributed by atoms with van der Waals surface area (Å²) in [6.07, 6.45) is 0. The number of morpholine rings is 1. The first-order chi connectivity index (χ1) is 10.7. The van der Waals surface area contributed by atoms with Crippen LogP contribution in [0.5, 0.6) is 6.01 Å². The number of hydrogen-bond acceptors (Lipinski definition) is 8. The third-order valence-electron chi connectivity index (χ3n) is 3.12. The average Bonchev–Trinajstić information content (AvgIpc) is 2.48. The minimum Gasteiger partial charge on any atom is -0.464 e. The summed E-state index contributed by atoms with van der Waals surface area (Å²) in [6, 6.07) is 0.590. The van der Waals surface area contributed by atoms with Crippen LogP contribution >= 0.6 is 0 Å². The highest BCUT2D eigenvalue weighted by Gasteiger charge is 2.11. The molecule has 1 aliphatic heterocycles. The summed E-state index contributed by atoms with van der Waals surface area (Å²) < 4.78 is 10.7. The van der Waals surface area contributed by atoms with Crippen molar-refractivity contribution in [1.29, 1.82) is 0 Å². The van der Waals surface area contributed by atoms with Gasteiger partial charge in [-0.05, 0) is 20.8 Å². The van der Waals surface area contributed by atoms with E-state index in [4.69, 9.17) is 9.47 Å². The first-order valence-electron chi connectivity index (χ1n) is 7.86. The second-order valence-electron chi connectivity index (χ2n) is 5.38. The first kappa shape index (κ1) is 16.7. The number of ether oxygens (including phenoxy) is 2. The quantitative estimate of drug-likeness (QED) is 0.730. The van der Waals surface area contributed by atoms with Crippen molar-refractivity contribution in [3.8, 4) is 6.01 Å². The zero-order valence-electron chi connectivity index (χ0n) is 13.6. The van der Waals surface area contributed by atoms with Crippen LogP contribution < -0.4 is 15.4 Å². The first-order valence-corrected chi connectivity index (χ1v) is 7.86. The van der Waals surface area contributed by atoms with E-state index in [9.17, 15) is 0 Å². The molecule has 1 aromatic heterocycles. The molecule has 0 aliphatic carbocycles. The fraction of sp³-hybridized carbons (Fsp3) is 0.786. The molecule has 1 fully saturated rings. The minimum atomic E-state index is 0.248. The predicted molar refractivity (Wildman–Crippen MR) is 85.5 cm³/mol. The van der Waals surface area contributed by atoms with Gasteiger partial charge in [-0.2, -0.15) is 15.0 Å². The normalized spacial score (nSPS) is 15.8. The molecular weight excluding hydrogens is 284 g/mol. The van der Waals surface area contributed by atoms with Gasteiger partial charge in [0.1, 0.15) is 0 Å². The Morgan fingerprint density at radius 1 is 1.18 bits per heavy atom. The summed E-state index contributed by atoms with van der Waals surface area (Å²) in [7, 11) is 0. The number of anilines is 2. The highest BCUT2D eigenvalue weighted by Crippen LogP contribution is 2.12. The van der Waals surface area contributed by atoms with Crippen molar-refractivity contribution < 1.29 is 9.47 Å². The van der Waals surface area contributed by atoms with Crippen LogP contribution in [0.15, 0.2) is 0 Å². The van der Waals surface area contributed by atoms with Crippen LogP contribution in [-0.2, 0) is 4.74 Å². The summed E-state index contributed by atoms with van der Waals surface area (Å²) in [6.45, 7) is 11.8. The van der Waals surface area contributed by atoms with E-state index in [0.717, 1.165) is 39.4 Å². The average molecular weight is 310 g/mol. The Morgan fingerprint density at radius 2 is 1.91 bits per heavy atom. The van der Waals surface area contributed by atoms with Gasteiger partial charge in [-0.3, -0.25) is 4.90 Å². The van der Waals surface area contributed by atoms with E-state index in [1.165, 1.54) is 0 Å². The summed E-state index contributed by atoms with van der Waals surface area (Å²) >= 11 is 0. The van der Waals surface area contributed by atoms with Gasteiger partial charge in [-0.15, -0.1) is 0 Å². The van der Waals surface area contributed by atoms with Gasteiger partial charge in [0, 0.05) is 32.2 Å². The topological polar surface area (TPSA) is 84.4 Å². The van der Waals surface area contributed by atoms with E-state index in [0.29, 0.717) is 24.5 Å². The van der Waals surface area contributed by atoms with E-state index in [2.05, 4.69) is 30.5 Å². The number of nitrogens with zero attached hydrogens (tertiary/aromatic N) is 4. The molecule has 0 saturated carbocycles. The maximum atomic E-state index is 5.40. The van der Waals surface area contributed by atoms with E-state index in [1.54, 1.807) is 0 Å². The number of rotatable bonds is 8. The second-order valence-corrected chi connectivity index (χ2v) is 5.38. The van der Waals surface area contributed by atoms with Gasteiger partial charge in [-0.25, -0.2) is 0 Å². The second kappa shape index (κ2) is 8.70. The SMILES string of the molecule is CCOc1nc(NCCN2CCOCC2)nc(NC(C)C)n1. The van der Waals surface area contributed by atoms with E-state index >= 15 is 0 Å². The van der Waals surface area contributed by atoms with E-state index in [1.807, 2.05) is 20.8 Å². The van der Waals surface area contributed by atoms with Gasteiger partial charge in [0.2, 0.25) is 11.9 Å². The zero-order chi connectivity index (χ0) is 15.8. The molecule has 0 aromatic carbocycles. The minimum absolute atomic E-state index is 0.248. The van der Waals surface area contributed by atoms with Gasteiger partial charge in [0.05, 0.1) is 19.8 Å². The van der Waals surface area contributed by atoms with Crippen molar-refractivity contribution in [2.75, 3.05) is 56.6 Å². The van der Waals surface area contributed by atoms with Crippen molar-refractivity contribution in [2.45, 2.75) is 26.8 Å². The lowest BCUT2D eigenvalue weighted by molar-refractivity contribution is 0.0398. The van der Waals surface area contributed by atoms with Crippen LogP contribution in [0.1, 0.15) is 20.8 Å². The molecule has 1 aliphatic rings. The zero-order valence-corrected chi connectivity index (χ0v) is 13.6. The van der Waals surface area contributed by atoms with E-state index in [-0.39, 0.29) is 6.04 Å². The third kappa shape index (κ3) is 5.61. The molecule has 0 unspecified atom stereocenters. The highest BCUT2D eigenvalue weighted by molar-refractivity contribution is 5.36. The van der Waals surface area contributed by atoms with Crippen LogP contribution in [0, 0.1) is 0 Å². The molecule has 8 heteroatoms. The fourth-order valence-corrected chi connectivity index (χ4v) is 2.10. The Labute approximate surface area is 131 Å². The lowest BCUT2D eigenvalue weighted by atomic mass is 10.4. The monoisotopic (exact) mass is 310 g/mol. The Kier molecular flexibility index (Phi) is 6.60. The van der Waals surface area contributed by atoms with Crippen LogP contribution in [0.25, 0.3) is 0 Å². The van der Waals surface area contributed by atoms with Crippen LogP contribution in [0.2, 0.25) is 0 Å². The van der Waals surface area contributed by atoms with Crippen LogP contribution in [0.3, 0.4) is 0 Å². The molecule has 2 heterocycles. The fourth-order valence-electron chi connectivity index (χ4n) is 2.10. The lowest BCUT2D eigenvalue weighted by Gasteiger charge is -2.26. The molecule has 2 N–H and O–H groups in total. The standard InChI is InChI=1S/C14H26N6O2/c1-4-22-14-18-12(17-13(19-14)16-11(2)3)15-5-6-20-7-9-21-10-8-20/h11H,4-10H2,1-3H3,(H2,15,16,17,18,19). The Bertz CT molecular complexity index is 451. The number of hydrogen-bond donors (Lipinski definition) is 2. The Balaban J connectivity index is 1.91. The molecule has 1 aromatic rings. The third-order valence-corrected chi connectivity index (χ3v) is 3.12. The summed E-state index contributed by atoms with van der Waals surface area (Å²) in [5.41, 5.74) is 0. The maximum Gasteiger partial charge on any atom is 0.323 e. The Morgan fingerprint density at radius 3 is 2.59 bits per heavy atom. The molecule has 8 nitrogen and oxygen atoms in total. The molecule has 22 heavy (non-hydrogen) atoms. The van der Waals surface area contributed by atoms with Crippen molar-refractivity contribution in [1.82, 2.24) is 19.9 Å². The van der Waals surface area contributed by atoms with Crippen molar-refractivity contribution in [3.05, 3.63) is 0 Å². The van der Waals surface area contributed by atoms with E-state index < -0.39 is 0 Å². The number of nitrogens with one attached hydrogen (secondary N) is 2. The highest BCUT2D eigenvalue weighted by atomic mass is 16.5. The molecule has 1 saturated heterocycles. The van der Waals surface area contributed by atoms with Crippen LogP contribution in [-0.4, -0.2) is 71.9 Å². The summed E-state index contributed by atoms with van der Waals surface area (Å²) in [5.74, 6) is 1.07. The summed E-state index contributed by atoms with van der Waals surface area (Å²) in [5, 5.41) is 6.41. The van der Waals surface area contributed by atoms with Crippen molar-refractivity contribution in [2.24, 2.45) is 0 Å². The molecular formula is C14H26N6O2. The molecule has 0 spiro atoms. The number of aromatic nitrogens is 3.